The van der Waals surface area contributed by atoms with Crippen molar-refractivity contribution in [1.29, 1.82) is 0 Å². The number of likely N-dealkylation sites (tertiary alicyclic amines) is 2. The first kappa shape index (κ1) is 19.8. The van der Waals surface area contributed by atoms with Gasteiger partial charge >= 0.3 is 0 Å². The summed E-state index contributed by atoms with van der Waals surface area (Å²) in [5.74, 6) is 4.27. The van der Waals surface area contributed by atoms with Gasteiger partial charge in [-0.3, -0.25) is 4.79 Å². The zero-order chi connectivity index (χ0) is 17.9. The van der Waals surface area contributed by atoms with Gasteiger partial charge in [-0.2, -0.15) is 0 Å². The van der Waals surface area contributed by atoms with E-state index < -0.39 is 0 Å². The van der Waals surface area contributed by atoms with Crippen LogP contribution in [0.15, 0.2) is 0 Å². The predicted molar refractivity (Wildman–Crippen MR) is 102 cm³/mol. The second-order valence-corrected chi connectivity index (χ2v) is 9.05. The Morgan fingerprint density at radius 2 is 1.58 bits per heavy atom. The van der Waals surface area contributed by atoms with Crippen LogP contribution in [0.3, 0.4) is 0 Å². The van der Waals surface area contributed by atoms with Gasteiger partial charge in [0.2, 0.25) is 5.91 Å². The Bertz CT molecular complexity index is 389. The third-order valence-corrected chi connectivity index (χ3v) is 6.87. The molecule has 2 aliphatic rings. The molecule has 24 heavy (non-hydrogen) atoms. The molecule has 0 radical (unpaired) electrons. The van der Waals surface area contributed by atoms with Gasteiger partial charge in [-0.05, 0) is 61.9 Å². The van der Waals surface area contributed by atoms with Crippen molar-refractivity contribution in [3.05, 3.63) is 0 Å². The Hall–Kier alpha value is -0.570. The van der Waals surface area contributed by atoms with E-state index in [2.05, 4.69) is 51.3 Å². The van der Waals surface area contributed by atoms with Crippen molar-refractivity contribution in [3.8, 4) is 0 Å². The van der Waals surface area contributed by atoms with Gasteiger partial charge < -0.3 is 9.80 Å². The SMILES string of the molecule is CCC(C)C(=O)N1C[C@@H](C)C(CN2CCC(C(C)C)CC2)[C@@H](C)C1. The van der Waals surface area contributed by atoms with Gasteiger partial charge in [0.1, 0.15) is 0 Å². The van der Waals surface area contributed by atoms with Crippen LogP contribution in [0.25, 0.3) is 0 Å². The minimum atomic E-state index is 0.177. The Balaban J connectivity index is 1.86. The van der Waals surface area contributed by atoms with Gasteiger partial charge in [-0.25, -0.2) is 0 Å². The van der Waals surface area contributed by atoms with Gasteiger partial charge in [0, 0.05) is 25.6 Å². The molecule has 2 unspecified atom stereocenters. The van der Waals surface area contributed by atoms with E-state index in [0.717, 1.165) is 37.3 Å². The number of hydrogen-bond donors (Lipinski definition) is 0. The fourth-order valence-corrected chi connectivity index (χ4v) is 4.73. The molecular weight excluding hydrogens is 296 g/mol. The molecule has 0 aromatic rings. The topological polar surface area (TPSA) is 23.6 Å². The van der Waals surface area contributed by atoms with Crippen LogP contribution in [0.2, 0.25) is 0 Å². The third kappa shape index (κ3) is 4.74. The molecule has 0 N–H and O–H groups in total. The Morgan fingerprint density at radius 3 is 2.04 bits per heavy atom. The van der Waals surface area contributed by atoms with Crippen LogP contribution in [0.1, 0.15) is 60.8 Å². The number of carbonyl (C=O) groups excluding carboxylic acids is 1. The summed E-state index contributed by atoms with van der Waals surface area (Å²) in [5.41, 5.74) is 0. The lowest BCUT2D eigenvalue weighted by atomic mass is 9.78. The fraction of sp³-hybridized carbons (Fsp3) is 0.952. The summed E-state index contributed by atoms with van der Waals surface area (Å²) < 4.78 is 0. The lowest BCUT2D eigenvalue weighted by molar-refractivity contribution is -0.139. The highest BCUT2D eigenvalue weighted by atomic mass is 16.2. The van der Waals surface area contributed by atoms with Crippen LogP contribution >= 0.6 is 0 Å². The summed E-state index contributed by atoms with van der Waals surface area (Å²) in [4.78, 5) is 17.4. The molecule has 0 bridgehead atoms. The van der Waals surface area contributed by atoms with Gasteiger partial charge in [0.15, 0.2) is 0 Å². The van der Waals surface area contributed by atoms with Crippen molar-refractivity contribution in [2.24, 2.45) is 35.5 Å². The molecule has 3 nitrogen and oxygen atoms in total. The maximum atomic E-state index is 12.5. The molecular formula is C21H40N2O. The van der Waals surface area contributed by atoms with E-state index in [9.17, 15) is 4.79 Å². The van der Waals surface area contributed by atoms with E-state index in [1.807, 2.05) is 0 Å². The molecule has 2 aliphatic heterocycles. The summed E-state index contributed by atoms with van der Waals surface area (Å²) in [6.45, 7) is 19.3. The van der Waals surface area contributed by atoms with E-state index in [1.165, 1.54) is 32.5 Å². The quantitative estimate of drug-likeness (QED) is 0.753. The molecule has 0 saturated carbocycles. The summed E-state index contributed by atoms with van der Waals surface area (Å²) in [7, 11) is 0. The Morgan fingerprint density at radius 1 is 1.04 bits per heavy atom. The van der Waals surface area contributed by atoms with Gasteiger partial charge in [0.25, 0.3) is 0 Å². The van der Waals surface area contributed by atoms with E-state index in [1.54, 1.807) is 0 Å². The first-order valence-electron chi connectivity index (χ1n) is 10.3. The summed E-state index contributed by atoms with van der Waals surface area (Å²) >= 11 is 0. The standard InChI is InChI=1S/C21H40N2O/c1-7-16(4)21(24)23-12-17(5)20(18(6)13-23)14-22-10-8-19(9-11-22)15(2)3/h15-20H,7-14H2,1-6H3/t16?,17-,18+,20?. The average molecular weight is 337 g/mol. The van der Waals surface area contributed by atoms with Crippen molar-refractivity contribution in [2.75, 3.05) is 32.7 Å². The highest BCUT2D eigenvalue weighted by Gasteiger charge is 2.36. The fourth-order valence-electron chi connectivity index (χ4n) is 4.73. The molecule has 0 aromatic carbocycles. The van der Waals surface area contributed by atoms with Crippen LogP contribution in [-0.2, 0) is 4.79 Å². The summed E-state index contributed by atoms with van der Waals surface area (Å²) in [5, 5.41) is 0. The first-order valence-corrected chi connectivity index (χ1v) is 10.3. The molecule has 0 aromatic heterocycles. The molecule has 2 saturated heterocycles. The van der Waals surface area contributed by atoms with Crippen LogP contribution in [0.5, 0.6) is 0 Å². The van der Waals surface area contributed by atoms with Gasteiger partial charge in [-0.15, -0.1) is 0 Å². The largest absolute Gasteiger partial charge is 0.342 e. The maximum Gasteiger partial charge on any atom is 0.225 e. The van der Waals surface area contributed by atoms with E-state index in [-0.39, 0.29) is 5.92 Å². The van der Waals surface area contributed by atoms with E-state index in [4.69, 9.17) is 0 Å². The smallest absolute Gasteiger partial charge is 0.225 e. The zero-order valence-electron chi connectivity index (χ0n) is 16.9. The number of carbonyl (C=O) groups is 1. The minimum Gasteiger partial charge on any atom is -0.342 e. The molecule has 2 fully saturated rings. The third-order valence-electron chi connectivity index (χ3n) is 6.87. The monoisotopic (exact) mass is 336 g/mol. The molecule has 2 rings (SSSR count). The Labute approximate surface area is 150 Å². The van der Waals surface area contributed by atoms with Crippen molar-refractivity contribution >= 4 is 5.91 Å². The van der Waals surface area contributed by atoms with E-state index >= 15 is 0 Å². The first-order chi connectivity index (χ1) is 11.3. The molecule has 4 atom stereocenters. The molecule has 0 spiro atoms. The van der Waals surface area contributed by atoms with Crippen LogP contribution in [0.4, 0.5) is 0 Å². The molecule has 2 heterocycles. The van der Waals surface area contributed by atoms with Crippen molar-refractivity contribution in [3.63, 3.8) is 0 Å². The highest BCUT2D eigenvalue weighted by molar-refractivity contribution is 5.78. The summed E-state index contributed by atoms with van der Waals surface area (Å²) in [6, 6.07) is 0. The number of nitrogens with zero attached hydrogens (tertiary/aromatic N) is 2. The number of hydrogen-bond acceptors (Lipinski definition) is 2. The van der Waals surface area contributed by atoms with Crippen LogP contribution < -0.4 is 0 Å². The Kier molecular flexibility index (Phi) is 7.15. The lowest BCUT2D eigenvalue weighted by Gasteiger charge is -2.45. The highest BCUT2D eigenvalue weighted by Crippen LogP contribution is 2.32. The van der Waals surface area contributed by atoms with Crippen LogP contribution in [0, 0.1) is 35.5 Å². The van der Waals surface area contributed by atoms with E-state index in [0.29, 0.717) is 17.7 Å². The minimum absolute atomic E-state index is 0.177. The molecule has 140 valence electrons. The van der Waals surface area contributed by atoms with Crippen molar-refractivity contribution < 1.29 is 4.79 Å². The van der Waals surface area contributed by atoms with Gasteiger partial charge in [0.05, 0.1) is 0 Å². The second kappa shape index (κ2) is 8.69. The number of amides is 1. The van der Waals surface area contributed by atoms with Crippen molar-refractivity contribution in [1.82, 2.24) is 9.80 Å². The maximum absolute atomic E-state index is 12.5. The van der Waals surface area contributed by atoms with Gasteiger partial charge in [-0.1, -0.05) is 41.5 Å². The normalized spacial score (nSPS) is 31.5. The number of piperidine rings is 2. The summed E-state index contributed by atoms with van der Waals surface area (Å²) in [6.07, 6.45) is 3.68. The van der Waals surface area contributed by atoms with Crippen LogP contribution in [-0.4, -0.2) is 48.4 Å². The van der Waals surface area contributed by atoms with Crippen molar-refractivity contribution in [2.45, 2.75) is 60.8 Å². The molecule has 1 amide bonds. The zero-order valence-corrected chi connectivity index (χ0v) is 16.9. The average Bonchev–Trinajstić information content (AvgIpc) is 2.56. The lowest BCUT2D eigenvalue weighted by Crippen LogP contribution is -2.52. The second-order valence-electron chi connectivity index (χ2n) is 9.05. The number of rotatable bonds is 5. The molecule has 3 heteroatoms. The predicted octanol–water partition coefficient (Wildman–Crippen LogP) is 4.13. The molecule has 0 aliphatic carbocycles.